The highest BCUT2D eigenvalue weighted by Gasteiger charge is 2.47. The van der Waals surface area contributed by atoms with Gasteiger partial charge in [-0.3, -0.25) is 9.69 Å². The molecule has 2 unspecified atom stereocenters. The molecule has 0 saturated carbocycles. The highest BCUT2D eigenvalue weighted by molar-refractivity contribution is 6.06. The zero-order chi connectivity index (χ0) is 22.4. The van der Waals surface area contributed by atoms with Crippen LogP contribution < -0.4 is 14.8 Å². The largest absolute Gasteiger partial charge is 0.497 e. The number of β-amino-alcohol motifs (C(OH)–C–C–N with tert-alkyl or cyclic N) is 1. The average Bonchev–Trinajstić information content (AvgIpc) is 3.00. The normalized spacial score (nSPS) is 19.0. The molecule has 1 aliphatic rings. The molecule has 162 valence electrons. The first-order valence-corrected chi connectivity index (χ1v) is 9.93. The number of nitrogens with one attached hydrogen (secondary N) is 1. The molecular weight excluding hydrogens is 398 g/mol. The van der Waals surface area contributed by atoms with Crippen molar-refractivity contribution in [3.05, 3.63) is 59.7 Å². The van der Waals surface area contributed by atoms with Gasteiger partial charge in [-0.1, -0.05) is 12.1 Å². The van der Waals surface area contributed by atoms with E-state index in [1.54, 1.807) is 38.3 Å². The number of aryl methyl sites for hydroxylation is 1. The molecule has 1 aliphatic heterocycles. The molecule has 3 amide bonds. The van der Waals surface area contributed by atoms with Crippen molar-refractivity contribution in [2.24, 2.45) is 0 Å². The fourth-order valence-corrected chi connectivity index (χ4v) is 3.35. The highest BCUT2D eigenvalue weighted by Crippen LogP contribution is 2.24. The number of hydrogen-bond acceptors (Lipinski definition) is 6. The van der Waals surface area contributed by atoms with Crippen molar-refractivity contribution in [1.82, 2.24) is 10.2 Å². The Morgan fingerprint density at radius 2 is 1.77 bits per heavy atom. The van der Waals surface area contributed by atoms with E-state index in [0.717, 1.165) is 16.2 Å². The molecular formula is C23H25N3O5. The van der Waals surface area contributed by atoms with Crippen molar-refractivity contribution in [2.75, 3.05) is 20.3 Å². The van der Waals surface area contributed by atoms with Crippen LogP contribution in [0.3, 0.4) is 0 Å². The third kappa shape index (κ3) is 5.32. The maximum atomic E-state index is 12.9. The number of aliphatic hydroxyl groups is 1. The molecule has 0 bridgehead atoms. The number of carbonyl (C=O) groups excluding carboxylic acids is 2. The smallest absolute Gasteiger partial charge is 0.325 e. The summed E-state index contributed by atoms with van der Waals surface area (Å²) in [5.41, 5.74) is 0.490. The Bertz CT molecular complexity index is 968. The number of amides is 3. The summed E-state index contributed by atoms with van der Waals surface area (Å²) in [6.45, 7) is 1.43. The minimum absolute atomic E-state index is 0.0917. The lowest BCUT2D eigenvalue weighted by molar-refractivity contribution is -0.132. The van der Waals surface area contributed by atoms with Gasteiger partial charge in [-0.15, -0.1) is 0 Å². The predicted octanol–water partition coefficient (Wildman–Crippen LogP) is 2.25. The van der Waals surface area contributed by atoms with Crippen molar-refractivity contribution >= 4 is 11.9 Å². The molecule has 1 saturated heterocycles. The quantitative estimate of drug-likeness (QED) is 0.599. The van der Waals surface area contributed by atoms with Crippen molar-refractivity contribution in [2.45, 2.75) is 31.4 Å². The zero-order valence-corrected chi connectivity index (χ0v) is 17.5. The molecule has 2 atom stereocenters. The first kappa shape index (κ1) is 22.1. The molecule has 2 aromatic rings. The third-order valence-corrected chi connectivity index (χ3v) is 5.24. The Labute approximate surface area is 181 Å². The van der Waals surface area contributed by atoms with Gasteiger partial charge in [-0.2, -0.15) is 5.26 Å². The second-order valence-electron chi connectivity index (χ2n) is 7.63. The second kappa shape index (κ2) is 9.49. The number of nitrogens with zero attached hydrogens (tertiary/aromatic N) is 2. The summed E-state index contributed by atoms with van der Waals surface area (Å²) in [6.07, 6.45) is -0.0163. The maximum absolute atomic E-state index is 12.9. The van der Waals surface area contributed by atoms with Crippen LogP contribution in [0.25, 0.3) is 0 Å². The minimum Gasteiger partial charge on any atom is -0.497 e. The molecule has 1 fully saturated rings. The fourth-order valence-electron chi connectivity index (χ4n) is 3.35. The van der Waals surface area contributed by atoms with Crippen molar-refractivity contribution in [3.8, 4) is 17.6 Å². The number of aliphatic hydroxyl groups excluding tert-OH is 1. The summed E-state index contributed by atoms with van der Waals surface area (Å²) in [7, 11) is 1.60. The molecule has 0 radical (unpaired) electrons. The van der Waals surface area contributed by atoms with E-state index in [9.17, 15) is 14.7 Å². The topological polar surface area (TPSA) is 112 Å². The van der Waals surface area contributed by atoms with E-state index in [1.807, 2.05) is 30.3 Å². The van der Waals surface area contributed by atoms with Gasteiger partial charge < -0.3 is 19.9 Å². The van der Waals surface area contributed by atoms with E-state index in [1.165, 1.54) is 0 Å². The molecule has 2 aromatic carbocycles. The molecule has 3 rings (SSSR count). The van der Waals surface area contributed by atoms with E-state index in [2.05, 4.69) is 5.32 Å². The summed E-state index contributed by atoms with van der Waals surface area (Å²) in [6, 6.07) is 15.5. The fraction of sp³-hybridized carbons (Fsp3) is 0.348. The maximum Gasteiger partial charge on any atom is 0.325 e. The lowest BCUT2D eigenvalue weighted by Gasteiger charge is -2.22. The van der Waals surface area contributed by atoms with Crippen LogP contribution >= 0.6 is 0 Å². The minimum atomic E-state index is -1.05. The van der Waals surface area contributed by atoms with E-state index < -0.39 is 17.7 Å². The van der Waals surface area contributed by atoms with Crippen LogP contribution in [0.4, 0.5) is 4.79 Å². The summed E-state index contributed by atoms with van der Waals surface area (Å²) in [5, 5.41) is 21.8. The Balaban J connectivity index is 1.53. The number of rotatable bonds is 9. The number of urea groups is 1. The Morgan fingerprint density at radius 1 is 1.13 bits per heavy atom. The van der Waals surface area contributed by atoms with Crippen LogP contribution in [0, 0.1) is 11.3 Å². The first-order valence-electron chi connectivity index (χ1n) is 9.93. The standard InChI is InChI=1S/C23H25N3O5/c1-23(12-11-16-3-7-19(30-2)8-4-16)21(28)26(22(29)25-23)14-18(27)15-31-20-9-5-17(13-24)6-10-20/h3-10,18,27H,11-12,14-15H2,1-2H3,(H,25,29). The van der Waals surface area contributed by atoms with E-state index >= 15 is 0 Å². The molecule has 8 heteroatoms. The van der Waals surface area contributed by atoms with Gasteiger partial charge in [0.1, 0.15) is 29.7 Å². The number of benzene rings is 2. The molecule has 0 aromatic heterocycles. The summed E-state index contributed by atoms with van der Waals surface area (Å²) in [4.78, 5) is 26.3. The summed E-state index contributed by atoms with van der Waals surface area (Å²) >= 11 is 0. The average molecular weight is 423 g/mol. The van der Waals surface area contributed by atoms with Gasteiger partial charge in [0.05, 0.1) is 25.3 Å². The van der Waals surface area contributed by atoms with Crippen LogP contribution in [0.15, 0.2) is 48.5 Å². The third-order valence-electron chi connectivity index (χ3n) is 5.24. The van der Waals surface area contributed by atoms with Gasteiger partial charge in [-0.25, -0.2) is 4.79 Å². The van der Waals surface area contributed by atoms with Gasteiger partial charge in [0, 0.05) is 0 Å². The van der Waals surface area contributed by atoms with Gasteiger partial charge in [0.15, 0.2) is 0 Å². The van der Waals surface area contributed by atoms with Gasteiger partial charge in [-0.05, 0) is 61.7 Å². The zero-order valence-electron chi connectivity index (χ0n) is 17.5. The van der Waals surface area contributed by atoms with Crippen LogP contribution in [0.1, 0.15) is 24.5 Å². The van der Waals surface area contributed by atoms with Gasteiger partial charge >= 0.3 is 6.03 Å². The number of imide groups is 1. The Hall–Kier alpha value is -3.57. The summed E-state index contributed by atoms with van der Waals surface area (Å²) in [5.74, 6) is 0.867. The van der Waals surface area contributed by atoms with E-state index in [0.29, 0.717) is 24.2 Å². The van der Waals surface area contributed by atoms with Crippen molar-refractivity contribution < 1.29 is 24.2 Å². The predicted molar refractivity (Wildman–Crippen MR) is 113 cm³/mol. The second-order valence-corrected chi connectivity index (χ2v) is 7.63. The van der Waals surface area contributed by atoms with Gasteiger partial charge in [0.2, 0.25) is 0 Å². The molecule has 0 aliphatic carbocycles. The number of methoxy groups -OCH3 is 1. The lowest BCUT2D eigenvalue weighted by atomic mass is 9.93. The van der Waals surface area contributed by atoms with E-state index in [-0.39, 0.29) is 19.1 Å². The van der Waals surface area contributed by atoms with Gasteiger partial charge in [0.25, 0.3) is 5.91 Å². The van der Waals surface area contributed by atoms with Crippen LogP contribution in [0.2, 0.25) is 0 Å². The molecule has 8 nitrogen and oxygen atoms in total. The monoisotopic (exact) mass is 423 g/mol. The molecule has 0 spiro atoms. The number of carbonyl (C=O) groups is 2. The first-order chi connectivity index (χ1) is 14.8. The lowest BCUT2D eigenvalue weighted by Crippen LogP contribution is -2.45. The summed E-state index contributed by atoms with van der Waals surface area (Å²) < 4.78 is 10.6. The van der Waals surface area contributed by atoms with Crippen LogP contribution in [-0.4, -0.2) is 53.8 Å². The SMILES string of the molecule is COc1ccc(CCC2(C)NC(=O)N(CC(O)COc3ccc(C#N)cc3)C2=O)cc1. The van der Waals surface area contributed by atoms with Crippen LogP contribution in [-0.2, 0) is 11.2 Å². The van der Waals surface area contributed by atoms with Crippen molar-refractivity contribution in [1.29, 1.82) is 5.26 Å². The molecule has 1 heterocycles. The molecule has 2 N–H and O–H groups in total. The number of nitriles is 1. The Morgan fingerprint density at radius 3 is 2.39 bits per heavy atom. The number of ether oxygens (including phenoxy) is 2. The number of hydrogen-bond donors (Lipinski definition) is 2. The highest BCUT2D eigenvalue weighted by atomic mass is 16.5. The van der Waals surface area contributed by atoms with E-state index in [4.69, 9.17) is 14.7 Å². The van der Waals surface area contributed by atoms with Crippen LogP contribution in [0.5, 0.6) is 11.5 Å². The molecule has 31 heavy (non-hydrogen) atoms. The van der Waals surface area contributed by atoms with Crippen molar-refractivity contribution in [3.63, 3.8) is 0 Å². The Kier molecular flexibility index (Phi) is 6.78.